The summed E-state index contributed by atoms with van der Waals surface area (Å²) in [5.41, 5.74) is 0.314. The number of carbonyl (C=O) groups excluding carboxylic acids is 2. The molecule has 5 nitrogen and oxygen atoms in total. The van der Waals surface area contributed by atoms with E-state index >= 15 is 0 Å². The molecule has 0 aliphatic carbocycles. The molecule has 0 aromatic carbocycles. The molecule has 0 bridgehead atoms. The summed E-state index contributed by atoms with van der Waals surface area (Å²) < 4.78 is 5.58. The third kappa shape index (κ3) is 11.0. The van der Waals surface area contributed by atoms with Crippen molar-refractivity contribution in [2.75, 3.05) is 40.4 Å². The molecule has 0 unspecified atom stereocenters. The summed E-state index contributed by atoms with van der Waals surface area (Å²) in [6.07, 6.45) is 2.01. The molecule has 0 saturated heterocycles. The van der Waals surface area contributed by atoms with Gasteiger partial charge in [0.2, 0.25) is 11.8 Å². The summed E-state index contributed by atoms with van der Waals surface area (Å²) in [5, 5.41) is 0. The molecule has 0 spiro atoms. The van der Waals surface area contributed by atoms with Crippen molar-refractivity contribution < 1.29 is 14.3 Å². The fourth-order valence-electron chi connectivity index (χ4n) is 3.51. The highest BCUT2D eigenvalue weighted by Gasteiger charge is 2.32. The standard InChI is InChI=1S/C23H46N2O3/c1-18(2)15-21(27)24(9)12-14-28-13-11-20(26)25(10)17-22(5,6)16-23(7,8)19(3)4/h18-19H,11-17H2,1-10H3. The number of likely N-dealkylation sites (N-methyl/N-ethyl adjacent to an activating group) is 1. The van der Waals surface area contributed by atoms with E-state index < -0.39 is 0 Å². The highest BCUT2D eigenvalue weighted by molar-refractivity contribution is 5.76. The van der Waals surface area contributed by atoms with Gasteiger partial charge >= 0.3 is 0 Å². The van der Waals surface area contributed by atoms with Crippen LogP contribution in [0.15, 0.2) is 0 Å². The van der Waals surface area contributed by atoms with Gasteiger partial charge in [0.15, 0.2) is 0 Å². The van der Waals surface area contributed by atoms with E-state index in [1.807, 2.05) is 25.8 Å². The highest BCUT2D eigenvalue weighted by atomic mass is 16.5. The predicted molar refractivity (Wildman–Crippen MR) is 117 cm³/mol. The molecule has 5 heteroatoms. The molecule has 0 aromatic heterocycles. The minimum absolute atomic E-state index is 0.0680. The minimum Gasteiger partial charge on any atom is -0.379 e. The first-order chi connectivity index (χ1) is 12.7. The van der Waals surface area contributed by atoms with Gasteiger partial charge in [-0.1, -0.05) is 55.4 Å². The van der Waals surface area contributed by atoms with Crippen LogP contribution in [-0.2, 0) is 14.3 Å². The number of nitrogens with zero attached hydrogens (tertiary/aromatic N) is 2. The summed E-state index contributed by atoms with van der Waals surface area (Å²) >= 11 is 0. The lowest BCUT2D eigenvalue weighted by Crippen LogP contribution is -2.39. The Hall–Kier alpha value is -1.10. The molecule has 0 radical (unpaired) electrons. The second kappa shape index (κ2) is 11.8. The van der Waals surface area contributed by atoms with Gasteiger partial charge in [0.25, 0.3) is 0 Å². The molecular formula is C23H46N2O3. The highest BCUT2D eigenvalue weighted by Crippen LogP contribution is 2.39. The molecule has 0 aromatic rings. The van der Waals surface area contributed by atoms with Crippen LogP contribution in [0.5, 0.6) is 0 Å². The van der Waals surface area contributed by atoms with E-state index in [0.717, 1.165) is 13.0 Å². The fourth-order valence-corrected chi connectivity index (χ4v) is 3.51. The maximum atomic E-state index is 12.4. The quantitative estimate of drug-likeness (QED) is 0.431. The third-order valence-corrected chi connectivity index (χ3v) is 5.63. The lowest BCUT2D eigenvalue weighted by Gasteiger charge is -2.39. The lowest BCUT2D eigenvalue weighted by molar-refractivity contribution is -0.134. The third-order valence-electron chi connectivity index (χ3n) is 5.63. The van der Waals surface area contributed by atoms with Crippen molar-refractivity contribution in [3.05, 3.63) is 0 Å². The van der Waals surface area contributed by atoms with Crippen LogP contribution in [0, 0.1) is 22.7 Å². The van der Waals surface area contributed by atoms with Crippen LogP contribution in [0.25, 0.3) is 0 Å². The van der Waals surface area contributed by atoms with Gasteiger partial charge < -0.3 is 14.5 Å². The Morgan fingerprint density at radius 1 is 0.893 bits per heavy atom. The first-order valence-electron chi connectivity index (χ1n) is 10.7. The number of ether oxygens (including phenoxy) is 1. The van der Waals surface area contributed by atoms with Crippen LogP contribution in [0.4, 0.5) is 0 Å². The number of carbonyl (C=O) groups is 2. The monoisotopic (exact) mass is 398 g/mol. The van der Waals surface area contributed by atoms with Crippen molar-refractivity contribution >= 4 is 11.8 Å². The van der Waals surface area contributed by atoms with Crippen molar-refractivity contribution in [1.29, 1.82) is 0 Å². The van der Waals surface area contributed by atoms with Crippen molar-refractivity contribution in [1.82, 2.24) is 9.80 Å². The molecule has 28 heavy (non-hydrogen) atoms. The summed E-state index contributed by atoms with van der Waals surface area (Å²) in [5.74, 6) is 1.21. The van der Waals surface area contributed by atoms with Crippen molar-refractivity contribution in [3.8, 4) is 0 Å². The molecule has 0 N–H and O–H groups in total. The first kappa shape index (κ1) is 26.9. The van der Waals surface area contributed by atoms with Gasteiger partial charge in [-0.3, -0.25) is 9.59 Å². The smallest absolute Gasteiger partial charge is 0.224 e. The molecule has 0 heterocycles. The Balaban J connectivity index is 4.21. The summed E-state index contributed by atoms with van der Waals surface area (Å²) in [4.78, 5) is 27.9. The maximum Gasteiger partial charge on any atom is 0.224 e. The zero-order valence-corrected chi connectivity index (χ0v) is 20.2. The molecule has 0 fully saturated rings. The van der Waals surface area contributed by atoms with E-state index in [2.05, 4.69) is 41.5 Å². The van der Waals surface area contributed by atoms with E-state index in [-0.39, 0.29) is 22.6 Å². The molecule has 0 saturated carbocycles. The van der Waals surface area contributed by atoms with Crippen LogP contribution in [0.2, 0.25) is 0 Å². The normalized spacial score (nSPS) is 12.6. The number of hydrogen-bond donors (Lipinski definition) is 0. The maximum absolute atomic E-state index is 12.4. The van der Waals surface area contributed by atoms with Crippen LogP contribution in [0.1, 0.15) is 74.7 Å². The molecule has 2 amide bonds. The van der Waals surface area contributed by atoms with E-state index in [4.69, 9.17) is 4.74 Å². The van der Waals surface area contributed by atoms with E-state index in [9.17, 15) is 9.59 Å². The fraction of sp³-hybridized carbons (Fsp3) is 0.913. The Labute approximate surface area is 174 Å². The topological polar surface area (TPSA) is 49.9 Å². The van der Waals surface area contributed by atoms with Crippen LogP contribution in [-0.4, -0.2) is 62.0 Å². The molecule has 166 valence electrons. The molecule has 0 aliphatic rings. The van der Waals surface area contributed by atoms with Crippen LogP contribution >= 0.6 is 0 Å². The Morgan fingerprint density at radius 2 is 1.46 bits per heavy atom. The van der Waals surface area contributed by atoms with Gasteiger partial charge in [-0.2, -0.15) is 0 Å². The Morgan fingerprint density at radius 3 is 1.96 bits per heavy atom. The van der Waals surface area contributed by atoms with E-state index in [1.165, 1.54) is 0 Å². The summed E-state index contributed by atoms with van der Waals surface area (Å²) in [7, 11) is 3.68. The summed E-state index contributed by atoms with van der Waals surface area (Å²) in [6, 6.07) is 0. The van der Waals surface area contributed by atoms with Gasteiger partial charge in [0.05, 0.1) is 19.6 Å². The largest absolute Gasteiger partial charge is 0.379 e. The number of rotatable bonds is 13. The Bertz CT molecular complexity index is 484. The van der Waals surface area contributed by atoms with Crippen molar-refractivity contribution in [3.63, 3.8) is 0 Å². The number of hydrogen-bond acceptors (Lipinski definition) is 3. The lowest BCUT2D eigenvalue weighted by atomic mass is 9.69. The predicted octanol–water partition coefficient (Wildman–Crippen LogP) is 4.45. The van der Waals surface area contributed by atoms with Crippen LogP contribution in [0.3, 0.4) is 0 Å². The van der Waals surface area contributed by atoms with Crippen molar-refractivity contribution in [2.45, 2.75) is 74.7 Å². The molecule has 0 atom stereocenters. The average molecular weight is 399 g/mol. The Kier molecular flexibility index (Phi) is 11.3. The van der Waals surface area contributed by atoms with Crippen molar-refractivity contribution in [2.24, 2.45) is 22.7 Å². The van der Waals surface area contributed by atoms with E-state index in [1.54, 1.807) is 11.9 Å². The average Bonchev–Trinajstić information content (AvgIpc) is 2.51. The molecule has 0 rings (SSSR count). The number of amides is 2. The summed E-state index contributed by atoms with van der Waals surface area (Å²) in [6.45, 7) is 19.8. The zero-order chi connectivity index (χ0) is 22.1. The van der Waals surface area contributed by atoms with Gasteiger partial charge in [-0.15, -0.1) is 0 Å². The SMILES string of the molecule is CC(C)CC(=O)N(C)CCOCCC(=O)N(C)CC(C)(C)CC(C)(C)C(C)C. The second-order valence-electron chi connectivity index (χ2n) is 10.5. The van der Waals surface area contributed by atoms with Gasteiger partial charge in [0.1, 0.15) is 0 Å². The van der Waals surface area contributed by atoms with Gasteiger partial charge in [-0.25, -0.2) is 0 Å². The van der Waals surface area contributed by atoms with Crippen LogP contribution < -0.4 is 0 Å². The second-order valence-corrected chi connectivity index (χ2v) is 10.5. The van der Waals surface area contributed by atoms with E-state index in [0.29, 0.717) is 44.4 Å². The minimum atomic E-state index is 0.0680. The van der Waals surface area contributed by atoms with Gasteiger partial charge in [-0.05, 0) is 29.1 Å². The zero-order valence-electron chi connectivity index (χ0n) is 20.2. The first-order valence-corrected chi connectivity index (χ1v) is 10.7. The van der Waals surface area contributed by atoms with Gasteiger partial charge in [0, 0.05) is 33.6 Å². The molecule has 0 aliphatic heterocycles. The molecular weight excluding hydrogens is 352 g/mol.